The van der Waals surface area contributed by atoms with Gasteiger partial charge in [0.25, 0.3) is 0 Å². The van der Waals surface area contributed by atoms with Gasteiger partial charge in [0.1, 0.15) is 5.82 Å². The monoisotopic (exact) mass is 454 g/mol. The molecule has 1 heterocycles. The van der Waals surface area contributed by atoms with Gasteiger partial charge in [0, 0.05) is 22.3 Å². The van der Waals surface area contributed by atoms with E-state index in [-0.39, 0.29) is 17.5 Å². The maximum absolute atomic E-state index is 13.4. The normalized spacial score (nSPS) is 10.9. The van der Waals surface area contributed by atoms with E-state index in [4.69, 9.17) is 0 Å². The lowest BCUT2D eigenvalue weighted by Gasteiger charge is -2.11. The van der Waals surface area contributed by atoms with Crippen molar-refractivity contribution in [1.29, 1.82) is 0 Å². The Kier molecular flexibility index (Phi) is 5.87. The summed E-state index contributed by atoms with van der Waals surface area (Å²) in [6.45, 7) is 0. The van der Waals surface area contributed by atoms with E-state index >= 15 is 0 Å². The van der Waals surface area contributed by atoms with Crippen molar-refractivity contribution in [2.45, 2.75) is 5.16 Å². The lowest BCUT2D eigenvalue weighted by Crippen LogP contribution is -2.14. The Morgan fingerprint density at radius 1 is 0.848 bits per heavy atom. The molecule has 1 aromatic heterocycles. The van der Waals surface area contributed by atoms with E-state index in [1.165, 1.54) is 23.9 Å². The second-order valence-electron chi connectivity index (χ2n) is 7.35. The first-order valence-electron chi connectivity index (χ1n) is 10.4. The van der Waals surface area contributed by atoms with Gasteiger partial charge in [-0.3, -0.25) is 9.36 Å². The molecule has 0 aliphatic rings. The van der Waals surface area contributed by atoms with Crippen molar-refractivity contribution in [1.82, 2.24) is 14.8 Å². The molecule has 0 saturated carbocycles. The maximum Gasteiger partial charge on any atom is 0.234 e. The van der Waals surface area contributed by atoms with Crippen LogP contribution in [0.25, 0.3) is 27.8 Å². The van der Waals surface area contributed by atoms with Gasteiger partial charge in [-0.15, -0.1) is 10.2 Å². The second-order valence-corrected chi connectivity index (χ2v) is 8.29. The minimum Gasteiger partial charge on any atom is -0.325 e. The van der Waals surface area contributed by atoms with Crippen LogP contribution in [0.1, 0.15) is 0 Å². The first-order valence-corrected chi connectivity index (χ1v) is 11.3. The van der Waals surface area contributed by atoms with E-state index in [2.05, 4.69) is 15.5 Å². The number of hydrogen-bond donors (Lipinski definition) is 1. The predicted octanol–water partition coefficient (Wildman–Crippen LogP) is 5.96. The third-order valence-electron chi connectivity index (χ3n) is 5.15. The molecule has 0 saturated heterocycles. The molecule has 0 atom stereocenters. The van der Waals surface area contributed by atoms with Crippen molar-refractivity contribution in [2.24, 2.45) is 0 Å². The molecular weight excluding hydrogens is 435 g/mol. The molecule has 0 aliphatic carbocycles. The van der Waals surface area contributed by atoms with Crippen molar-refractivity contribution >= 4 is 34.1 Å². The average Bonchev–Trinajstić information content (AvgIpc) is 3.28. The number of anilines is 1. The average molecular weight is 455 g/mol. The van der Waals surface area contributed by atoms with Crippen molar-refractivity contribution in [3.05, 3.63) is 103 Å². The zero-order chi connectivity index (χ0) is 22.6. The fourth-order valence-electron chi connectivity index (χ4n) is 3.61. The molecular formula is C26H19FN4OS. The fraction of sp³-hybridized carbons (Fsp3) is 0.0385. The number of rotatable bonds is 6. The number of aromatic nitrogens is 3. The van der Waals surface area contributed by atoms with E-state index in [0.29, 0.717) is 11.0 Å². The van der Waals surface area contributed by atoms with Crippen LogP contribution in [-0.2, 0) is 4.79 Å². The molecule has 5 nitrogen and oxygen atoms in total. The van der Waals surface area contributed by atoms with E-state index in [1.807, 2.05) is 77.4 Å². The fourth-order valence-corrected chi connectivity index (χ4v) is 4.36. The number of carbonyl (C=O) groups is 1. The number of fused-ring (bicyclic) bond motifs is 1. The minimum absolute atomic E-state index is 0.137. The maximum atomic E-state index is 13.4. The van der Waals surface area contributed by atoms with Crippen LogP contribution in [0.3, 0.4) is 0 Å². The van der Waals surface area contributed by atoms with Crippen molar-refractivity contribution in [2.75, 3.05) is 11.1 Å². The van der Waals surface area contributed by atoms with Gasteiger partial charge >= 0.3 is 0 Å². The number of para-hydroxylation sites is 1. The molecule has 33 heavy (non-hydrogen) atoms. The summed E-state index contributed by atoms with van der Waals surface area (Å²) in [6, 6.07) is 29.5. The van der Waals surface area contributed by atoms with Crippen LogP contribution in [0, 0.1) is 5.82 Å². The third-order valence-corrected chi connectivity index (χ3v) is 6.08. The Morgan fingerprint density at radius 2 is 1.58 bits per heavy atom. The quantitative estimate of drug-likeness (QED) is 0.322. The van der Waals surface area contributed by atoms with Crippen LogP contribution in [-0.4, -0.2) is 26.4 Å². The van der Waals surface area contributed by atoms with Gasteiger partial charge in [-0.2, -0.15) is 0 Å². The predicted molar refractivity (Wildman–Crippen MR) is 130 cm³/mol. The highest BCUT2D eigenvalue weighted by molar-refractivity contribution is 7.99. The summed E-state index contributed by atoms with van der Waals surface area (Å²) in [5.74, 6) is 0.294. The highest BCUT2D eigenvalue weighted by Gasteiger charge is 2.17. The number of nitrogens with zero attached hydrogens (tertiary/aromatic N) is 3. The molecule has 0 bridgehead atoms. The number of hydrogen-bond acceptors (Lipinski definition) is 4. The number of thioether (sulfide) groups is 1. The summed E-state index contributed by atoms with van der Waals surface area (Å²) in [5, 5.41) is 14.3. The lowest BCUT2D eigenvalue weighted by molar-refractivity contribution is -0.113. The summed E-state index contributed by atoms with van der Waals surface area (Å²) in [4.78, 5) is 12.8. The SMILES string of the molecule is O=C(CSc1nnc(-c2ccc(F)cc2)n1-c1ccccc1)Nc1cccc2ccccc12. The van der Waals surface area contributed by atoms with Gasteiger partial charge in [-0.05, 0) is 47.9 Å². The number of nitrogens with one attached hydrogen (secondary N) is 1. The zero-order valence-electron chi connectivity index (χ0n) is 17.5. The van der Waals surface area contributed by atoms with E-state index in [1.54, 1.807) is 12.1 Å². The summed E-state index contributed by atoms with van der Waals surface area (Å²) in [6.07, 6.45) is 0. The summed E-state index contributed by atoms with van der Waals surface area (Å²) < 4.78 is 15.3. The van der Waals surface area contributed by atoms with Crippen molar-refractivity contribution in [3.63, 3.8) is 0 Å². The standard InChI is InChI=1S/C26H19FN4OS/c27-20-15-13-19(14-16-20)25-29-30-26(31(25)21-9-2-1-3-10-21)33-17-24(32)28-23-12-6-8-18-7-4-5-11-22(18)23/h1-16H,17H2,(H,28,32). The van der Waals surface area contributed by atoms with Crippen LogP contribution in [0.15, 0.2) is 102 Å². The molecule has 0 spiro atoms. The molecule has 0 radical (unpaired) electrons. The van der Waals surface area contributed by atoms with Gasteiger partial charge < -0.3 is 5.32 Å². The van der Waals surface area contributed by atoms with Crippen LogP contribution < -0.4 is 5.32 Å². The van der Waals surface area contributed by atoms with Crippen LogP contribution in [0.2, 0.25) is 0 Å². The van der Waals surface area contributed by atoms with Gasteiger partial charge in [0.2, 0.25) is 5.91 Å². The molecule has 162 valence electrons. The molecule has 5 aromatic rings. The highest BCUT2D eigenvalue weighted by Crippen LogP contribution is 2.29. The van der Waals surface area contributed by atoms with Gasteiger partial charge in [0.15, 0.2) is 11.0 Å². The number of halogens is 1. The Bertz CT molecular complexity index is 1410. The number of carbonyl (C=O) groups excluding carboxylic acids is 1. The first kappa shape index (κ1) is 20.9. The smallest absolute Gasteiger partial charge is 0.234 e. The largest absolute Gasteiger partial charge is 0.325 e. The molecule has 1 N–H and O–H groups in total. The van der Waals surface area contributed by atoms with Crippen LogP contribution >= 0.6 is 11.8 Å². The van der Waals surface area contributed by atoms with E-state index in [0.717, 1.165) is 27.7 Å². The van der Waals surface area contributed by atoms with Gasteiger partial charge in [-0.25, -0.2) is 4.39 Å². The molecule has 0 aliphatic heterocycles. The number of amides is 1. The molecule has 7 heteroatoms. The summed E-state index contributed by atoms with van der Waals surface area (Å²) in [7, 11) is 0. The number of benzene rings is 4. The van der Waals surface area contributed by atoms with Gasteiger partial charge in [-0.1, -0.05) is 66.4 Å². The summed E-state index contributed by atoms with van der Waals surface area (Å²) in [5.41, 5.74) is 2.37. The Hall–Kier alpha value is -3.97. The van der Waals surface area contributed by atoms with Crippen molar-refractivity contribution in [3.8, 4) is 17.1 Å². The van der Waals surface area contributed by atoms with E-state index < -0.39 is 0 Å². The Balaban J connectivity index is 1.40. The molecule has 0 unspecified atom stereocenters. The van der Waals surface area contributed by atoms with Crippen LogP contribution in [0.4, 0.5) is 10.1 Å². The van der Waals surface area contributed by atoms with Gasteiger partial charge in [0.05, 0.1) is 5.75 Å². The topological polar surface area (TPSA) is 59.8 Å². The lowest BCUT2D eigenvalue weighted by atomic mass is 10.1. The Morgan fingerprint density at radius 3 is 2.39 bits per heavy atom. The second kappa shape index (κ2) is 9.26. The molecule has 0 fully saturated rings. The first-order chi connectivity index (χ1) is 16.2. The summed E-state index contributed by atoms with van der Waals surface area (Å²) >= 11 is 1.30. The zero-order valence-corrected chi connectivity index (χ0v) is 18.3. The van der Waals surface area contributed by atoms with E-state index in [9.17, 15) is 9.18 Å². The van der Waals surface area contributed by atoms with Crippen molar-refractivity contribution < 1.29 is 9.18 Å². The van der Waals surface area contributed by atoms with Crippen LogP contribution in [0.5, 0.6) is 0 Å². The molecule has 4 aromatic carbocycles. The highest BCUT2D eigenvalue weighted by atomic mass is 32.2. The Labute approximate surface area is 194 Å². The molecule has 5 rings (SSSR count). The minimum atomic E-state index is -0.316. The third kappa shape index (κ3) is 4.49. The molecule has 1 amide bonds.